The molecule has 1 aromatic heterocycles. The Balaban J connectivity index is 1.72. The third kappa shape index (κ3) is 2.76. The summed E-state index contributed by atoms with van der Waals surface area (Å²) in [4.78, 5) is 13.9. The molecule has 1 aliphatic rings. The first-order valence-corrected chi connectivity index (χ1v) is 8.69. The molecule has 23 heavy (non-hydrogen) atoms. The van der Waals surface area contributed by atoms with Gasteiger partial charge in [-0.2, -0.15) is 0 Å². The molecule has 0 aliphatic carbocycles. The number of rotatable bonds is 3. The van der Waals surface area contributed by atoms with Gasteiger partial charge >= 0.3 is 0 Å². The number of halogens is 1. The summed E-state index contributed by atoms with van der Waals surface area (Å²) in [6.07, 6.45) is 0. The molecule has 0 bridgehead atoms. The Bertz CT molecular complexity index is 849. The largest absolute Gasteiger partial charge is 0.466 e. The molecule has 0 saturated carbocycles. The predicted octanol–water partition coefficient (Wildman–Crippen LogP) is 2.33. The van der Waals surface area contributed by atoms with Crippen molar-refractivity contribution in [3.8, 4) is 0 Å². The zero-order chi connectivity index (χ0) is 16.8. The molecule has 1 amide bonds. The van der Waals surface area contributed by atoms with Crippen LogP contribution in [-0.2, 0) is 9.84 Å². The fourth-order valence-electron chi connectivity index (χ4n) is 2.63. The predicted molar refractivity (Wildman–Crippen MR) is 81.5 cm³/mol. The second-order valence-corrected chi connectivity index (χ2v) is 7.89. The van der Waals surface area contributed by atoms with Crippen LogP contribution in [0.4, 0.5) is 4.39 Å². The van der Waals surface area contributed by atoms with Crippen molar-refractivity contribution in [2.45, 2.75) is 24.0 Å². The van der Waals surface area contributed by atoms with E-state index in [1.54, 1.807) is 19.9 Å². The topological polar surface area (TPSA) is 67.6 Å². The van der Waals surface area contributed by atoms with Crippen molar-refractivity contribution < 1.29 is 22.0 Å². The third-order valence-corrected chi connectivity index (χ3v) is 6.09. The van der Waals surface area contributed by atoms with E-state index in [2.05, 4.69) is 0 Å². The van der Waals surface area contributed by atoms with E-state index in [-0.39, 0.29) is 23.9 Å². The number of sulfone groups is 1. The monoisotopic (exact) mass is 337 g/mol. The van der Waals surface area contributed by atoms with Crippen LogP contribution in [0.3, 0.4) is 0 Å². The highest BCUT2D eigenvalue weighted by molar-refractivity contribution is 7.92. The highest BCUT2D eigenvalue weighted by atomic mass is 32.2. The van der Waals surface area contributed by atoms with Crippen LogP contribution >= 0.6 is 0 Å². The number of hydrogen-bond acceptors (Lipinski definition) is 4. The molecular weight excluding hydrogens is 321 g/mol. The minimum Gasteiger partial charge on any atom is -0.466 e. The molecule has 0 N–H and O–H groups in total. The van der Waals surface area contributed by atoms with Crippen molar-refractivity contribution in [1.82, 2.24) is 4.90 Å². The van der Waals surface area contributed by atoms with Gasteiger partial charge in [0.1, 0.15) is 22.6 Å². The fraction of sp³-hybridized carbons (Fsp3) is 0.312. The molecule has 0 atom stereocenters. The molecule has 1 saturated heterocycles. The van der Waals surface area contributed by atoms with Gasteiger partial charge in [-0.25, -0.2) is 12.8 Å². The lowest BCUT2D eigenvalue weighted by atomic mass is 10.1. The van der Waals surface area contributed by atoms with Crippen LogP contribution in [0.15, 0.2) is 39.6 Å². The van der Waals surface area contributed by atoms with Crippen LogP contribution in [0.25, 0.3) is 0 Å². The Morgan fingerprint density at radius 2 is 1.83 bits per heavy atom. The van der Waals surface area contributed by atoms with E-state index in [1.807, 2.05) is 0 Å². The molecule has 122 valence electrons. The Morgan fingerprint density at radius 1 is 1.22 bits per heavy atom. The van der Waals surface area contributed by atoms with Crippen LogP contribution < -0.4 is 0 Å². The molecule has 1 fully saturated rings. The minimum atomic E-state index is -3.56. The van der Waals surface area contributed by atoms with Gasteiger partial charge < -0.3 is 9.32 Å². The second kappa shape index (κ2) is 5.49. The van der Waals surface area contributed by atoms with Gasteiger partial charge in [-0.3, -0.25) is 4.79 Å². The van der Waals surface area contributed by atoms with E-state index in [9.17, 15) is 17.6 Å². The summed E-state index contributed by atoms with van der Waals surface area (Å²) in [6, 6.07) is 6.38. The highest BCUT2D eigenvalue weighted by Crippen LogP contribution is 2.26. The van der Waals surface area contributed by atoms with E-state index in [4.69, 9.17) is 4.42 Å². The Hall–Kier alpha value is -2.15. The van der Waals surface area contributed by atoms with Gasteiger partial charge in [0.05, 0.1) is 10.5 Å². The number of carbonyl (C=O) groups is 1. The molecule has 2 heterocycles. The number of carbonyl (C=O) groups excluding carboxylic acids is 1. The zero-order valence-corrected chi connectivity index (χ0v) is 13.6. The van der Waals surface area contributed by atoms with Gasteiger partial charge in [-0.05, 0) is 44.2 Å². The second-order valence-electron chi connectivity index (χ2n) is 5.66. The summed E-state index contributed by atoms with van der Waals surface area (Å²) in [5.41, 5.74) is 0.458. The number of aryl methyl sites for hydroxylation is 2. The quantitative estimate of drug-likeness (QED) is 0.806. The molecule has 0 spiro atoms. The molecule has 3 rings (SSSR count). The maximum absolute atomic E-state index is 12.9. The molecule has 0 radical (unpaired) electrons. The minimum absolute atomic E-state index is 0.0753. The van der Waals surface area contributed by atoms with Crippen molar-refractivity contribution in [2.24, 2.45) is 0 Å². The van der Waals surface area contributed by atoms with Gasteiger partial charge in [0.15, 0.2) is 9.84 Å². The summed E-state index contributed by atoms with van der Waals surface area (Å²) in [6.45, 7) is 3.71. The van der Waals surface area contributed by atoms with E-state index < -0.39 is 20.9 Å². The average Bonchev–Trinajstić information content (AvgIpc) is 2.76. The molecule has 1 aliphatic heterocycles. The van der Waals surface area contributed by atoms with Crippen LogP contribution in [0.2, 0.25) is 0 Å². The standard InChI is InChI=1S/C16H16FNO4S/c1-10-7-15(11(2)22-10)16(19)18-8-14(9-18)23(20,21)13-5-3-12(17)4-6-13/h3-7,14H,8-9H2,1-2H3. The summed E-state index contributed by atoms with van der Waals surface area (Å²) in [5, 5.41) is -0.662. The molecule has 1 aromatic carbocycles. The molecule has 7 heteroatoms. The van der Waals surface area contributed by atoms with Crippen molar-refractivity contribution >= 4 is 15.7 Å². The summed E-state index contributed by atoms with van der Waals surface area (Å²) in [5.74, 6) is 0.448. The number of amides is 1. The first-order valence-electron chi connectivity index (χ1n) is 7.15. The zero-order valence-electron chi connectivity index (χ0n) is 12.7. The van der Waals surface area contributed by atoms with E-state index in [0.29, 0.717) is 17.1 Å². The molecular formula is C16H16FNO4S. The lowest BCUT2D eigenvalue weighted by molar-refractivity contribution is 0.0657. The average molecular weight is 337 g/mol. The van der Waals surface area contributed by atoms with Crippen molar-refractivity contribution in [3.05, 3.63) is 53.2 Å². The van der Waals surface area contributed by atoms with Crippen molar-refractivity contribution in [1.29, 1.82) is 0 Å². The SMILES string of the molecule is Cc1cc(C(=O)N2CC(S(=O)(=O)c3ccc(F)cc3)C2)c(C)o1. The number of hydrogen-bond donors (Lipinski definition) is 0. The summed E-state index contributed by atoms with van der Waals surface area (Å²) >= 11 is 0. The van der Waals surface area contributed by atoms with Crippen LogP contribution in [0.1, 0.15) is 21.9 Å². The van der Waals surface area contributed by atoms with Crippen LogP contribution in [0, 0.1) is 19.7 Å². The summed E-state index contributed by atoms with van der Waals surface area (Å²) in [7, 11) is -3.56. The van der Waals surface area contributed by atoms with Gasteiger partial charge in [0.25, 0.3) is 5.91 Å². The van der Waals surface area contributed by atoms with Gasteiger partial charge in [-0.1, -0.05) is 0 Å². The van der Waals surface area contributed by atoms with E-state index in [1.165, 1.54) is 17.0 Å². The Labute approximate surface area is 133 Å². The van der Waals surface area contributed by atoms with Crippen LogP contribution in [0.5, 0.6) is 0 Å². The normalized spacial score (nSPS) is 15.5. The number of nitrogens with zero attached hydrogens (tertiary/aromatic N) is 1. The van der Waals surface area contributed by atoms with Gasteiger partial charge in [0.2, 0.25) is 0 Å². The highest BCUT2D eigenvalue weighted by Gasteiger charge is 2.41. The maximum Gasteiger partial charge on any atom is 0.257 e. The fourth-order valence-corrected chi connectivity index (χ4v) is 4.28. The van der Waals surface area contributed by atoms with Crippen LogP contribution in [-0.4, -0.2) is 37.6 Å². The first kappa shape index (κ1) is 15.7. The number of benzene rings is 1. The van der Waals surface area contributed by atoms with Gasteiger partial charge in [-0.15, -0.1) is 0 Å². The lowest BCUT2D eigenvalue weighted by Gasteiger charge is -2.38. The third-order valence-electron chi connectivity index (χ3n) is 3.99. The maximum atomic E-state index is 12.9. The molecule has 5 nitrogen and oxygen atoms in total. The lowest BCUT2D eigenvalue weighted by Crippen LogP contribution is -2.56. The Kier molecular flexibility index (Phi) is 3.75. The smallest absolute Gasteiger partial charge is 0.257 e. The summed E-state index contributed by atoms with van der Waals surface area (Å²) < 4.78 is 43.1. The number of furan rings is 1. The van der Waals surface area contributed by atoms with Gasteiger partial charge in [0, 0.05) is 13.1 Å². The van der Waals surface area contributed by atoms with Crippen molar-refractivity contribution in [3.63, 3.8) is 0 Å². The first-order chi connectivity index (χ1) is 10.8. The Morgan fingerprint density at radius 3 is 2.35 bits per heavy atom. The molecule has 2 aromatic rings. The molecule has 0 unspecified atom stereocenters. The van der Waals surface area contributed by atoms with Crippen molar-refractivity contribution in [2.75, 3.05) is 13.1 Å². The number of likely N-dealkylation sites (tertiary alicyclic amines) is 1. The van der Waals surface area contributed by atoms with E-state index >= 15 is 0 Å². The van der Waals surface area contributed by atoms with E-state index in [0.717, 1.165) is 12.1 Å².